The van der Waals surface area contributed by atoms with Crippen molar-refractivity contribution in [3.05, 3.63) is 143 Å². The highest BCUT2D eigenvalue weighted by Crippen LogP contribution is 2.40. The molecule has 0 amide bonds. The van der Waals surface area contributed by atoms with E-state index in [9.17, 15) is 26.3 Å². The summed E-state index contributed by atoms with van der Waals surface area (Å²) in [5.74, 6) is 0. The van der Waals surface area contributed by atoms with Crippen LogP contribution in [-0.2, 0) is 0 Å². The maximum absolute atomic E-state index is 10.1. The molecular formula is C41H21N7. The zero-order valence-corrected chi connectivity index (χ0v) is 25.5. The second kappa shape index (κ2) is 11.8. The number of hydrogen-bond donors (Lipinski definition) is 0. The predicted molar refractivity (Wildman–Crippen MR) is 183 cm³/mol. The fraction of sp³-hybridized carbons (Fsp3) is 0.0244. The molecule has 2 aromatic heterocycles. The van der Waals surface area contributed by atoms with Crippen LogP contribution in [0.4, 0.5) is 0 Å². The van der Waals surface area contributed by atoms with Crippen molar-refractivity contribution in [1.29, 1.82) is 26.3 Å². The molecular weight excluding hydrogens is 591 g/mol. The van der Waals surface area contributed by atoms with Gasteiger partial charge in [0.25, 0.3) is 0 Å². The van der Waals surface area contributed by atoms with Crippen molar-refractivity contribution in [3.63, 3.8) is 0 Å². The molecule has 0 aliphatic rings. The Balaban J connectivity index is 1.57. The molecule has 0 N–H and O–H groups in total. The highest BCUT2D eigenvalue weighted by atomic mass is 15.0. The summed E-state index contributed by atoms with van der Waals surface area (Å²) < 4.78 is 2.16. The highest BCUT2D eigenvalue weighted by molar-refractivity contribution is 6.11. The molecule has 0 saturated heterocycles. The molecule has 0 spiro atoms. The zero-order valence-electron chi connectivity index (χ0n) is 25.5. The second-order valence-electron chi connectivity index (χ2n) is 11.3. The Morgan fingerprint density at radius 1 is 0.479 bits per heavy atom. The molecule has 0 saturated carbocycles. The van der Waals surface area contributed by atoms with Gasteiger partial charge in [-0.05, 0) is 101 Å². The molecule has 0 bridgehead atoms. The van der Waals surface area contributed by atoms with Crippen LogP contribution in [0.25, 0.3) is 60.9 Å². The zero-order chi connectivity index (χ0) is 33.4. The SMILES string of the molecule is Cc1cc(C#N)c(-c2ccncc2)cc1-n1c2cc(-c3ccc(C#N)cc3C#N)ccc2c2ccc(-c3ccc(C#N)cc3C#N)cc21. The van der Waals surface area contributed by atoms with Crippen molar-refractivity contribution in [1.82, 2.24) is 9.55 Å². The van der Waals surface area contributed by atoms with Gasteiger partial charge < -0.3 is 4.57 Å². The van der Waals surface area contributed by atoms with Gasteiger partial charge in [0.2, 0.25) is 0 Å². The lowest BCUT2D eigenvalue weighted by atomic mass is 9.96. The predicted octanol–water partition coefficient (Wildman–Crippen LogP) is 8.85. The second-order valence-corrected chi connectivity index (χ2v) is 11.3. The largest absolute Gasteiger partial charge is 0.309 e. The Bertz CT molecular complexity index is 2550. The Morgan fingerprint density at radius 2 is 0.979 bits per heavy atom. The first-order chi connectivity index (χ1) is 23.5. The lowest BCUT2D eigenvalue weighted by Gasteiger charge is -2.16. The van der Waals surface area contributed by atoms with E-state index in [1.54, 1.807) is 48.8 Å². The Kier molecular flexibility index (Phi) is 7.17. The Labute approximate surface area is 276 Å². The van der Waals surface area contributed by atoms with Crippen LogP contribution in [0.2, 0.25) is 0 Å². The summed E-state index contributed by atoms with van der Waals surface area (Å²) in [6.07, 6.45) is 3.40. The van der Waals surface area contributed by atoms with Crippen molar-refractivity contribution < 1.29 is 0 Å². The summed E-state index contributed by atoms with van der Waals surface area (Å²) in [5, 5.41) is 50.8. The topological polar surface area (TPSA) is 137 Å². The minimum atomic E-state index is 0.401. The van der Waals surface area contributed by atoms with Crippen LogP contribution in [0, 0.1) is 63.6 Å². The first-order valence-electron chi connectivity index (χ1n) is 14.9. The first kappa shape index (κ1) is 29.2. The average molecular weight is 612 g/mol. The quantitative estimate of drug-likeness (QED) is 0.195. The summed E-state index contributed by atoms with van der Waals surface area (Å²) in [6.45, 7) is 1.97. The molecule has 7 rings (SSSR count). The van der Waals surface area contributed by atoms with Crippen molar-refractivity contribution in [2.24, 2.45) is 0 Å². The Morgan fingerprint density at radius 3 is 1.46 bits per heavy atom. The van der Waals surface area contributed by atoms with Crippen LogP contribution in [0.3, 0.4) is 0 Å². The number of fused-ring (bicyclic) bond motifs is 3. The molecule has 5 aromatic carbocycles. The van der Waals surface area contributed by atoms with Crippen LogP contribution >= 0.6 is 0 Å². The molecule has 0 aliphatic carbocycles. The van der Waals surface area contributed by atoms with Crippen molar-refractivity contribution >= 4 is 21.8 Å². The molecule has 2 heterocycles. The number of rotatable bonds is 4. The van der Waals surface area contributed by atoms with E-state index >= 15 is 0 Å². The van der Waals surface area contributed by atoms with Crippen LogP contribution in [0.5, 0.6) is 0 Å². The minimum absolute atomic E-state index is 0.401. The first-order valence-corrected chi connectivity index (χ1v) is 14.9. The highest BCUT2D eigenvalue weighted by Gasteiger charge is 2.19. The number of pyridine rings is 1. The van der Waals surface area contributed by atoms with E-state index in [1.807, 2.05) is 67.6 Å². The molecule has 0 fully saturated rings. The maximum atomic E-state index is 10.1. The molecule has 0 aliphatic heterocycles. The van der Waals surface area contributed by atoms with E-state index in [0.29, 0.717) is 38.9 Å². The molecule has 7 aromatic rings. The molecule has 48 heavy (non-hydrogen) atoms. The molecule has 0 radical (unpaired) electrons. The standard InChI is InChI=1S/C41H21N7/c1-25-14-31(22-44)38(28-10-12-47-13-11-28)19-39(25)48-40-17-29(34-6-2-26(20-42)15-32(34)23-45)4-8-36(40)37-9-5-30(18-41(37)48)35-7-3-27(21-43)16-33(35)24-46/h2-19H,1H3. The number of aromatic nitrogens is 2. The molecule has 0 unspecified atom stereocenters. The summed E-state index contributed by atoms with van der Waals surface area (Å²) >= 11 is 0. The maximum Gasteiger partial charge on any atom is 0.0998 e. The van der Waals surface area contributed by atoms with Crippen LogP contribution in [0.1, 0.15) is 33.4 Å². The molecule has 7 nitrogen and oxygen atoms in total. The van der Waals surface area contributed by atoms with Gasteiger partial charge in [-0.1, -0.05) is 36.4 Å². The van der Waals surface area contributed by atoms with E-state index in [2.05, 4.69) is 39.9 Å². The van der Waals surface area contributed by atoms with Gasteiger partial charge in [-0.25, -0.2) is 0 Å². The smallest absolute Gasteiger partial charge is 0.0998 e. The van der Waals surface area contributed by atoms with E-state index in [0.717, 1.165) is 55.3 Å². The number of nitriles is 5. The van der Waals surface area contributed by atoms with E-state index in [1.165, 1.54) is 0 Å². The van der Waals surface area contributed by atoms with Crippen LogP contribution in [-0.4, -0.2) is 9.55 Å². The number of aryl methyl sites for hydroxylation is 1. The number of nitrogens with zero attached hydrogens (tertiary/aromatic N) is 7. The lowest BCUT2D eigenvalue weighted by molar-refractivity contribution is 1.15. The summed E-state index contributed by atoms with van der Waals surface area (Å²) in [5.41, 5.74) is 10.3. The minimum Gasteiger partial charge on any atom is -0.309 e. The third-order valence-electron chi connectivity index (χ3n) is 8.62. The van der Waals surface area contributed by atoms with Gasteiger partial charge >= 0.3 is 0 Å². The molecule has 0 atom stereocenters. The monoisotopic (exact) mass is 611 g/mol. The Hall–Kier alpha value is -7.50. The van der Waals surface area contributed by atoms with Crippen LogP contribution < -0.4 is 0 Å². The van der Waals surface area contributed by atoms with Crippen molar-refractivity contribution in [3.8, 4) is 69.4 Å². The van der Waals surface area contributed by atoms with Gasteiger partial charge in [-0.15, -0.1) is 0 Å². The number of hydrogen-bond acceptors (Lipinski definition) is 6. The van der Waals surface area contributed by atoms with E-state index in [4.69, 9.17) is 0 Å². The van der Waals surface area contributed by atoms with Crippen LogP contribution in [0.15, 0.2) is 109 Å². The van der Waals surface area contributed by atoms with Gasteiger partial charge in [-0.2, -0.15) is 26.3 Å². The fourth-order valence-electron chi connectivity index (χ4n) is 6.33. The van der Waals surface area contributed by atoms with E-state index in [-0.39, 0.29) is 0 Å². The third-order valence-corrected chi connectivity index (χ3v) is 8.62. The van der Waals surface area contributed by atoms with Crippen molar-refractivity contribution in [2.45, 2.75) is 6.92 Å². The van der Waals surface area contributed by atoms with Gasteiger partial charge in [0.05, 0.1) is 69.2 Å². The number of benzene rings is 5. The van der Waals surface area contributed by atoms with Gasteiger partial charge in [-0.3, -0.25) is 4.98 Å². The van der Waals surface area contributed by atoms with Gasteiger partial charge in [0.1, 0.15) is 0 Å². The van der Waals surface area contributed by atoms with Gasteiger partial charge in [0, 0.05) is 34.4 Å². The normalized spacial score (nSPS) is 10.5. The van der Waals surface area contributed by atoms with Crippen molar-refractivity contribution in [2.75, 3.05) is 0 Å². The van der Waals surface area contributed by atoms with Gasteiger partial charge in [0.15, 0.2) is 0 Å². The van der Waals surface area contributed by atoms with E-state index < -0.39 is 0 Å². The summed E-state index contributed by atoms with van der Waals surface area (Å²) in [6, 6.07) is 41.0. The molecule has 7 heteroatoms. The fourth-order valence-corrected chi connectivity index (χ4v) is 6.33. The average Bonchev–Trinajstić information content (AvgIpc) is 3.46. The summed E-state index contributed by atoms with van der Waals surface area (Å²) in [4.78, 5) is 4.16. The molecule has 220 valence electrons. The third kappa shape index (κ3) is 4.77. The lowest BCUT2D eigenvalue weighted by Crippen LogP contribution is -2.00. The summed E-state index contributed by atoms with van der Waals surface area (Å²) in [7, 11) is 0.